The fraction of sp³-hybridized carbons (Fsp3) is 0.263. The van der Waals surface area contributed by atoms with E-state index in [2.05, 4.69) is 34.5 Å². The maximum absolute atomic E-state index is 11.2. The van der Waals surface area contributed by atoms with Gasteiger partial charge in [-0.15, -0.1) is 11.3 Å². The molecule has 4 nitrogen and oxygen atoms in total. The van der Waals surface area contributed by atoms with E-state index >= 15 is 0 Å². The van der Waals surface area contributed by atoms with Crippen molar-refractivity contribution in [1.82, 2.24) is 4.98 Å². The van der Waals surface area contributed by atoms with Crippen LogP contribution in [-0.4, -0.2) is 29.1 Å². The predicted octanol–water partition coefficient (Wildman–Crippen LogP) is 4.26. The van der Waals surface area contributed by atoms with E-state index in [4.69, 9.17) is 4.98 Å². The van der Waals surface area contributed by atoms with E-state index in [0.29, 0.717) is 12.8 Å². The summed E-state index contributed by atoms with van der Waals surface area (Å²) in [7, 11) is 0. The van der Waals surface area contributed by atoms with Crippen molar-refractivity contribution in [3.8, 4) is 11.3 Å². The van der Waals surface area contributed by atoms with Gasteiger partial charge in [-0.3, -0.25) is 4.79 Å². The van der Waals surface area contributed by atoms with Crippen LogP contribution in [0.1, 0.15) is 12.8 Å². The number of fused-ring (bicyclic) bond motifs is 1. The molecule has 0 saturated carbocycles. The number of carboxylic acid groups (broad SMARTS) is 1. The van der Waals surface area contributed by atoms with Crippen LogP contribution in [0.2, 0.25) is 0 Å². The van der Waals surface area contributed by atoms with Gasteiger partial charge in [0.25, 0.3) is 0 Å². The molecule has 1 aliphatic heterocycles. The van der Waals surface area contributed by atoms with Crippen molar-refractivity contribution in [3.63, 3.8) is 0 Å². The summed E-state index contributed by atoms with van der Waals surface area (Å²) < 4.78 is 0. The Morgan fingerprint density at radius 1 is 1.17 bits per heavy atom. The van der Waals surface area contributed by atoms with Gasteiger partial charge in [0.2, 0.25) is 0 Å². The van der Waals surface area contributed by atoms with Crippen molar-refractivity contribution in [1.29, 1.82) is 0 Å². The smallest absolute Gasteiger partial charge is 0.306 e. The van der Waals surface area contributed by atoms with E-state index in [1.807, 2.05) is 18.2 Å². The highest BCUT2D eigenvalue weighted by molar-refractivity contribution is 7.16. The number of aromatic nitrogens is 1. The van der Waals surface area contributed by atoms with Gasteiger partial charge in [0, 0.05) is 29.7 Å². The Labute approximate surface area is 144 Å². The van der Waals surface area contributed by atoms with Gasteiger partial charge >= 0.3 is 5.97 Å². The van der Waals surface area contributed by atoms with Gasteiger partial charge in [-0.25, -0.2) is 4.98 Å². The van der Waals surface area contributed by atoms with Crippen LogP contribution in [0.4, 0.5) is 5.69 Å². The highest BCUT2D eigenvalue weighted by atomic mass is 32.1. The molecule has 5 heteroatoms. The Balaban J connectivity index is 1.72. The lowest BCUT2D eigenvalue weighted by Crippen LogP contribution is -2.36. The van der Waals surface area contributed by atoms with Crippen LogP contribution < -0.4 is 4.90 Å². The summed E-state index contributed by atoms with van der Waals surface area (Å²) in [5, 5.41) is 12.4. The minimum absolute atomic E-state index is 0.213. The lowest BCUT2D eigenvalue weighted by atomic mass is 9.96. The summed E-state index contributed by atoms with van der Waals surface area (Å²) in [6.45, 7) is 1.56. The number of rotatable bonds is 3. The van der Waals surface area contributed by atoms with Gasteiger partial charge in [-0.1, -0.05) is 30.3 Å². The zero-order valence-electron chi connectivity index (χ0n) is 13.2. The quantitative estimate of drug-likeness (QED) is 0.775. The summed E-state index contributed by atoms with van der Waals surface area (Å²) in [5.74, 6) is -0.885. The monoisotopic (exact) mass is 338 g/mol. The van der Waals surface area contributed by atoms with E-state index in [1.165, 1.54) is 5.69 Å². The molecular formula is C19H18N2O2S. The summed E-state index contributed by atoms with van der Waals surface area (Å²) >= 11 is 1.65. The highest BCUT2D eigenvalue weighted by Crippen LogP contribution is 2.35. The van der Waals surface area contributed by atoms with E-state index < -0.39 is 5.97 Å². The lowest BCUT2D eigenvalue weighted by molar-refractivity contribution is -0.142. The molecule has 4 rings (SSSR count). The molecule has 2 aromatic heterocycles. The molecule has 0 bridgehead atoms. The first kappa shape index (κ1) is 15.1. The number of aliphatic carboxylic acids is 1. The molecule has 0 atom stereocenters. The minimum atomic E-state index is -0.671. The van der Waals surface area contributed by atoms with Crippen LogP contribution >= 0.6 is 11.3 Å². The molecule has 0 aliphatic carbocycles. The van der Waals surface area contributed by atoms with E-state index in [1.54, 1.807) is 11.3 Å². The number of carboxylic acids is 1. The van der Waals surface area contributed by atoms with Gasteiger partial charge in [0.05, 0.1) is 11.6 Å². The van der Waals surface area contributed by atoms with Crippen molar-refractivity contribution in [2.75, 3.05) is 18.0 Å². The number of thiophene rings is 1. The summed E-state index contributed by atoms with van der Waals surface area (Å²) in [6, 6.07) is 14.4. The molecule has 0 spiro atoms. The van der Waals surface area contributed by atoms with Crippen molar-refractivity contribution in [2.45, 2.75) is 12.8 Å². The number of carbonyl (C=O) groups is 1. The number of piperidine rings is 1. The molecule has 0 amide bonds. The minimum Gasteiger partial charge on any atom is -0.481 e. The van der Waals surface area contributed by atoms with E-state index in [9.17, 15) is 9.90 Å². The van der Waals surface area contributed by atoms with Crippen molar-refractivity contribution in [3.05, 3.63) is 47.8 Å². The normalized spacial score (nSPS) is 15.8. The molecule has 24 heavy (non-hydrogen) atoms. The topological polar surface area (TPSA) is 53.4 Å². The third-order valence-electron chi connectivity index (χ3n) is 4.67. The molecule has 1 N–H and O–H groups in total. The molecular weight excluding hydrogens is 320 g/mol. The highest BCUT2D eigenvalue weighted by Gasteiger charge is 2.26. The molecule has 1 aromatic carbocycles. The molecule has 3 aromatic rings. The Morgan fingerprint density at radius 3 is 2.62 bits per heavy atom. The van der Waals surface area contributed by atoms with Gasteiger partial charge < -0.3 is 10.0 Å². The zero-order valence-corrected chi connectivity index (χ0v) is 14.0. The van der Waals surface area contributed by atoms with Crippen molar-refractivity contribution < 1.29 is 9.90 Å². The summed E-state index contributed by atoms with van der Waals surface area (Å²) in [5.41, 5.74) is 3.25. The van der Waals surface area contributed by atoms with Gasteiger partial charge in [-0.2, -0.15) is 0 Å². The third kappa shape index (κ3) is 2.76. The zero-order chi connectivity index (χ0) is 16.5. The average molecular weight is 338 g/mol. The van der Waals surface area contributed by atoms with Crippen LogP contribution in [0.5, 0.6) is 0 Å². The molecule has 0 unspecified atom stereocenters. The van der Waals surface area contributed by atoms with Crippen LogP contribution in [0.3, 0.4) is 0 Å². The average Bonchev–Trinajstić information content (AvgIpc) is 3.10. The Bertz CT molecular complexity index is 867. The largest absolute Gasteiger partial charge is 0.481 e. The van der Waals surface area contributed by atoms with Gasteiger partial charge in [0.15, 0.2) is 0 Å². The van der Waals surface area contributed by atoms with Crippen LogP contribution in [0.15, 0.2) is 47.8 Å². The predicted molar refractivity (Wildman–Crippen MR) is 97.6 cm³/mol. The van der Waals surface area contributed by atoms with Crippen LogP contribution in [0, 0.1) is 5.92 Å². The molecule has 1 fully saturated rings. The Kier molecular flexibility index (Phi) is 3.94. The first-order valence-corrected chi connectivity index (χ1v) is 9.02. The number of hydrogen-bond acceptors (Lipinski definition) is 4. The first-order chi connectivity index (χ1) is 11.7. The Hall–Kier alpha value is -2.40. The second-order valence-corrected chi connectivity index (χ2v) is 7.03. The van der Waals surface area contributed by atoms with Crippen molar-refractivity contribution in [2.24, 2.45) is 5.92 Å². The van der Waals surface area contributed by atoms with Crippen LogP contribution in [-0.2, 0) is 4.79 Å². The van der Waals surface area contributed by atoms with E-state index in [0.717, 1.165) is 34.6 Å². The van der Waals surface area contributed by atoms with E-state index in [-0.39, 0.29) is 5.92 Å². The first-order valence-electron chi connectivity index (χ1n) is 8.14. The number of nitrogens with zero attached hydrogens (tertiary/aromatic N) is 2. The maximum atomic E-state index is 11.2. The molecule has 0 radical (unpaired) electrons. The van der Waals surface area contributed by atoms with Gasteiger partial charge in [-0.05, 0) is 30.4 Å². The number of anilines is 1. The fourth-order valence-corrected chi connectivity index (χ4v) is 4.10. The van der Waals surface area contributed by atoms with Crippen molar-refractivity contribution >= 4 is 33.2 Å². The molecule has 1 saturated heterocycles. The Morgan fingerprint density at radius 2 is 1.92 bits per heavy atom. The number of pyridine rings is 1. The second kappa shape index (κ2) is 6.24. The standard InChI is InChI=1S/C19H18N2O2S/c22-19(23)14-6-9-21(10-7-14)17-12-16(13-4-2-1-3-5-13)20-18-15(17)8-11-24-18/h1-5,8,11-12,14H,6-7,9-10H2,(H,22,23). The number of hydrogen-bond donors (Lipinski definition) is 1. The molecule has 122 valence electrons. The fourth-order valence-electron chi connectivity index (χ4n) is 3.32. The number of benzene rings is 1. The second-order valence-electron chi connectivity index (χ2n) is 6.13. The molecule has 3 heterocycles. The maximum Gasteiger partial charge on any atom is 0.306 e. The SMILES string of the molecule is O=C(O)C1CCN(c2cc(-c3ccccc3)nc3sccc23)CC1. The van der Waals surface area contributed by atoms with Gasteiger partial charge in [0.1, 0.15) is 4.83 Å². The third-order valence-corrected chi connectivity index (χ3v) is 5.48. The van der Waals surface area contributed by atoms with Crippen LogP contribution in [0.25, 0.3) is 21.5 Å². The summed E-state index contributed by atoms with van der Waals surface area (Å²) in [6.07, 6.45) is 1.40. The molecule has 1 aliphatic rings. The lowest BCUT2D eigenvalue weighted by Gasteiger charge is -2.32. The summed E-state index contributed by atoms with van der Waals surface area (Å²) in [4.78, 5) is 19.3.